The van der Waals surface area contributed by atoms with Crippen LogP contribution in [-0.2, 0) is 25.2 Å². The minimum atomic E-state index is -0.450. The summed E-state index contributed by atoms with van der Waals surface area (Å²) >= 11 is 0. The van der Waals surface area contributed by atoms with Gasteiger partial charge in [0.25, 0.3) is 35.4 Å². The average molecular weight is 1800 g/mol. The fourth-order valence-electron chi connectivity index (χ4n) is 15.8. The normalized spacial score (nSPS) is 13.7. The highest BCUT2D eigenvalue weighted by Crippen LogP contribution is 2.24. The summed E-state index contributed by atoms with van der Waals surface area (Å²) < 4.78 is 11.0. The average Bonchev–Trinajstić information content (AvgIpc) is 1.76. The number of piperidine rings is 1. The molecule has 0 unspecified atom stereocenters. The van der Waals surface area contributed by atoms with Crippen molar-refractivity contribution in [1.29, 1.82) is 0 Å². The first-order valence-electron chi connectivity index (χ1n) is 45.6. The summed E-state index contributed by atoms with van der Waals surface area (Å²) in [6, 6.07) is 90.5. The van der Waals surface area contributed by atoms with E-state index in [0.29, 0.717) is 40.7 Å². The molecule has 2 saturated heterocycles. The highest BCUT2D eigenvalue weighted by molar-refractivity contribution is 5.96. The van der Waals surface area contributed by atoms with E-state index in [1.165, 1.54) is 43.5 Å². The number of likely N-dealkylation sites (tertiary alicyclic amines) is 1. The SMILES string of the molecule is CC(C)(NC(=O)c1cn2ccccc2n1)c1ccccc1.C[C@@H](NC(=O)c1cn2ccccc2n1)c1ccc(CN2CCCCC2)cc1.C[C@@H](NC(=O)c1cn2ccccc2n1)c1ccc(CN2CCN(C)CC2)cc1.C[C@@H](NC(=O)c1cn2ccccc2n1)c1ccccc1.C[C@H](NC(=O)c1cn2ccccc2n1)c1ccccc1.O=C(NCc1ccccc1)c1cn2ccccc2n1. The van der Waals surface area contributed by atoms with E-state index in [-0.39, 0.29) is 59.6 Å². The Morgan fingerprint density at radius 3 is 0.867 bits per heavy atom. The fraction of sp³-hybridized carbons (Fsp3) is 0.222. The summed E-state index contributed by atoms with van der Waals surface area (Å²) in [4.78, 5) is 107. The van der Waals surface area contributed by atoms with Crippen LogP contribution in [0.2, 0.25) is 0 Å². The van der Waals surface area contributed by atoms with Gasteiger partial charge in [0, 0.05) is 120 Å². The number of likely N-dealkylation sites (N-methyl/N-ethyl adjacent to an activating group) is 1. The quantitative estimate of drug-likeness (QED) is 0.0368. The molecule has 6 N–H and O–H groups in total. The van der Waals surface area contributed by atoms with E-state index in [2.05, 4.69) is 132 Å². The maximum absolute atomic E-state index is 12.6. The van der Waals surface area contributed by atoms with Crippen molar-refractivity contribution in [1.82, 2.24) is 103 Å². The molecule has 0 saturated carbocycles. The Balaban J connectivity index is 0.000000124. The monoisotopic (exact) mass is 1800 g/mol. The number of carbonyl (C=O) groups is 6. The van der Waals surface area contributed by atoms with Gasteiger partial charge in [-0.1, -0.05) is 213 Å². The molecule has 27 nitrogen and oxygen atoms in total. The lowest BCUT2D eigenvalue weighted by molar-refractivity contribution is 0.0902. The summed E-state index contributed by atoms with van der Waals surface area (Å²) in [6.45, 7) is 21.3. The van der Waals surface area contributed by atoms with Crippen molar-refractivity contribution < 1.29 is 28.8 Å². The third-order valence-corrected chi connectivity index (χ3v) is 23.6. The van der Waals surface area contributed by atoms with Crippen LogP contribution in [0.1, 0.15) is 192 Å². The third-order valence-electron chi connectivity index (χ3n) is 23.6. The molecule has 0 radical (unpaired) electrons. The van der Waals surface area contributed by atoms with Crippen LogP contribution in [0.4, 0.5) is 0 Å². The molecule has 4 atom stereocenters. The van der Waals surface area contributed by atoms with Gasteiger partial charge in [-0.2, -0.15) is 0 Å². The van der Waals surface area contributed by atoms with Crippen LogP contribution in [0.3, 0.4) is 0 Å². The predicted octanol–water partition coefficient (Wildman–Crippen LogP) is 17.3. The Morgan fingerprint density at radius 1 is 0.289 bits per heavy atom. The molecular formula is C108H113N21O6. The molecule has 135 heavy (non-hydrogen) atoms. The molecule has 2 aliphatic heterocycles. The van der Waals surface area contributed by atoms with Gasteiger partial charge < -0.3 is 63.2 Å². The van der Waals surface area contributed by atoms with Gasteiger partial charge in [-0.25, -0.2) is 29.9 Å². The van der Waals surface area contributed by atoms with E-state index in [1.54, 1.807) is 37.2 Å². The van der Waals surface area contributed by atoms with Gasteiger partial charge in [0.15, 0.2) is 0 Å². The number of hydrogen-bond donors (Lipinski definition) is 6. The van der Waals surface area contributed by atoms with E-state index in [4.69, 9.17) is 0 Å². The Bertz CT molecular complexity index is 6610. The summed E-state index contributed by atoms with van der Waals surface area (Å²) in [5, 5.41) is 17.9. The number of aromatic nitrogens is 12. The maximum atomic E-state index is 12.6. The van der Waals surface area contributed by atoms with Gasteiger partial charge in [0.1, 0.15) is 68.0 Å². The number of imidazole rings is 6. The van der Waals surface area contributed by atoms with Gasteiger partial charge in [-0.3, -0.25) is 38.6 Å². The van der Waals surface area contributed by atoms with Crippen molar-refractivity contribution in [3.63, 3.8) is 0 Å². The lowest BCUT2D eigenvalue weighted by Crippen LogP contribution is -2.43. The molecule has 0 aliphatic carbocycles. The van der Waals surface area contributed by atoms with E-state index in [9.17, 15) is 28.8 Å². The van der Waals surface area contributed by atoms with Crippen LogP contribution in [-0.4, -0.2) is 153 Å². The summed E-state index contributed by atoms with van der Waals surface area (Å²) in [5.74, 6) is -0.962. The number of carbonyl (C=O) groups excluding carboxylic acids is 6. The molecular weight excluding hydrogens is 1690 g/mol. The van der Waals surface area contributed by atoms with E-state index in [1.807, 2.05) is 336 Å². The summed E-state index contributed by atoms with van der Waals surface area (Å²) in [7, 11) is 2.17. The molecule has 18 aromatic rings. The molecule has 6 aromatic carbocycles. The molecule has 27 heteroatoms. The standard InChI is InChI=1S/C22H27N5O.C22H26N4O.C17H17N3O.2C16H15N3O.C15H13N3O/c1-17(23-22(28)20-16-27-10-4-3-5-21(27)24-20)19-8-6-18(7-9-19)15-26-13-11-25(2)12-14-26;1-17(23-22(27)20-16-26-14-6-3-7-21(26)24-20)19-10-8-18(9-11-19)15-25-12-4-2-5-13-25;1-17(2,13-8-4-3-5-9-13)19-16(21)14-12-20-11-7-6-10-15(20)18-14;2*1-12(13-7-3-2-4-8-13)17-16(20)14-11-19-10-6-5-9-15(19)18-14;19-15(16-10-12-6-2-1-3-7-12)13-11-18-9-5-4-8-14(18)17-13/h3-10,16-17H,11-15H2,1-2H3,(H,23,28);3,6-11,14,16-17H,2,4-5,12-13,15H2,1H3,(H,23,27);3-12H,1-2H3,(H,19,21);2*2-12H,1H3,(H,17,20);1-9,11H,10H2,(H,16,19)/t2*17-;;2*12-;/m11.10./s1. The topological polar surface area (TPSA) is 288 Å². The Labute approximate surface area is 785 Å². The van der Waals surface area contributed by atoms with E-state index < -0.39 is 5.54 Å². The lowest BCUT2D eigenvalue weighted by Gasteiger charge is -2.32. The first-order chi connectivity index (χ1) is 65.6. The summed E-state index contributed by atoms with van der Waals surface area (Å²) in [6.07, 6.45) is 25.7. The van der Waals surface area contributed by atoms with Crippen molar-refractivity contribution in [2.75, 3.05) is 46.3 Å². The molecule has 20 rings (SSSR count). The number of amides is 6. The number of piperazine rings is 1. The molecule has 6 amide bonds. The first-order valence-corrected chi connectivity index (χ1v) is 45.6. The van der Waals surface area contributed by atoms with Crippen LogP contribution in [0, 0.1) is 0 Å². The van der Waals surface area contributed by atoms with Gasteiger partial charge in [-0.15, -0.1) is 0 Å². The van der Waals surface area contributed by atoms with Crippen molar-refractivity contribution >= 4 is 69.3 Å². The van der Waals surface area contributed by atoms with E-state index in [0.717, 1.165) is 107 Å². The largest absolute Gasteiger partial charge is 0.347 e. The second-order valence-electron chi connectivity index (χ2n) is 34.2. The number of benzene rings is 6. The number of hydrogen-bond acceptors (Lipinski definition) is 15. The van der Waals surface area contributed by atoms with E-state index >= 15 is 0 Å². The van der Waals surface area contributed by atoms with Gasteiger partial charge in [-0.05, 0) is 192 Å². The molecule has 14 heterocycles. The Morgan fingerprint density at radius 2 is 0.556 bits per heavy atom. The molecule has 0 bridgehead atoms. The number of nitrogens with zero attached hydrogens (tertiary/aromatic N) is 15. The zero-order chi connectivity index (χ0) is 94.0. The Hall–Kier alpha value is -15.8. The molecule has 686 valence electrons. The second-order valence-corrected chi connectivity index (χ2v) is 34.2. The highest BCUT2D eigenvalue weighted by Gasteiger charge is 2.26. The predicted molar refractivity (Wildman–Crippen MR) is 527 cm³/mol. The molecule has 2 aliphatic rings. The molecule has 0 spiro atoms. The third kappa shape index (κ3) is 25.9. The molecule has 2 fully saturated rings. The highest BCUT2D eigenvalue weighted by atomic mass is 16.2. The zero-order valence-electron chi connectivity index (χ0n) is 76.9. The van der Waals surface area contributed by atoms with Crippen LogP contribution in [0.5, 0.6) is 0 Å². The smallest absolute Gasteiger partial charge is 0.272 e. The van der Waals surface area contributed by atoms with Gasteiger partial charge in [0.2, 0.25) is 0 Å². The maximum Gasteiger partial charge on any atom is 0.272 e. The fourth-order valence-corrected chi connectivity index (χ4v) is 15.8. The van der Waals surface area contributed by atoms with Crippen molar-refractivity contribution in [3.8, 4) is 0 Å². The van der Waals surface area contributed by atoms with Crippen molar-refractivity contribution in [2.24, 2.45) is 0 Å². The second kappa shape index (κ2) is 45.3. The van der Waals surface area contributed by atoms with Crippen molar-refractivity contribution in [3.05, 3.63) is 432 Å². The zero-order valence-corrected chi connectivity index (χ0v) is 76.9. The number of rotatable bonds is 22. The van der Waals surface area contributed by atoms with Crippen LogP contribution < -0.4 is 31.9 Å². The lowest BCUT2D eigenvalue weighted by atomic mass is 9.94. The van der Waals surface area contributed by atoms with Crippen LogP contribution >= 0.6 is 0 Å². The van der Waals surface area contributed by atoms with Gasteiger partial charge in [0.05, 0.1) is 29.7 Å². The van der Waals surface area contributed by atoms with Crippen LogP contribution in [0.15, 0.2) is 353 Å². The molecule has 12 aromatic heterocycles. The number of pyridine rings is 6. The van der Waals surface area contributed by atoms with Crippen molar-refractivity contribution in [2.45, 2.75) is 110 Å². The number of nitrogens with one attached hydrogen (secondary N) is 6. The summed E-state index contributed by atoms with van der Waals surface area (Å²) in [5.41, 5.74) is 15.9. The number of fused-ring (bicyclic) bond motifs is 6. The minimum Gasteiger partial charge on any atom is -0.347 e. The first kappa shape index (κ1) is 93.8. The Kier molecular flexibility index (Phi) is 31.5. The minimum absolute atomic E-state index is 0.0477. The van der Waals surface area contributed by atoms with Gasteiger partial charge >= 0.3 is 0 Å². The van der Waals surface area contributed by atoms with Crippen LogP contribution in [0.25, 0.3) is 33.9 Å².